The van der Waals surface area contributed by atoms with Gasteiger partial charge in [0, 0.05) is 33.4 Å². The molecule has 1 aromatic rings. The van der Waals surface area contributed by atoms with Crippen molar-refractivity contribution in [2.24, 2.45) is 0 Å². The van der Waals surface area contributed by atoms with Gasteiger partial charge in [-0.3, -0.25) is 4.79 Å². The van der Waals surface area contributed by atoms with Gasteiger partial charge in [0.2, 0.25) is 11.7 Å². The molecule has 0 atom stereocenters. The zero-order valence-electron chi connectivity index (χ0n) is 12.9. The Morgan fingerprint density at radius 1 is 1.29 bits per heavy atom. The maximum atomic E-state index is 12.0. The van der Waals surface area contributed by atoms with Gasteiger partial charge in [-0.15, -0.1) is 0 Å². The number of hydrogen-bond acceptors (Lipinski definition) is 4. The number of hydrogen-bond donors (Lipinski definition) is 1. The van der Waals surface area contributed by atoms with Crippen molar-refractivity contribution in [3.63, 3.8) is 0 Å². The summed E-state index contributed by atoms with van der Waals surface area (Å²) in [5.41, 5.74) is 1.04. The SMILES string of the molecule is CCN(CCO)C(=O)CCc1ccc2c(c1)OC(C)(C)O2. The zero-order valence-corrected chi connectivity index (χ0v) is 12.9. The van der Waals surface area contributed by atoms with Gasteiger partial charge in [0.15, 0.2) is 11.5 Å². The lowest BCUT2D eigenvalue weighted by Crippen LogP contribution is -2.33. The van der Waals surface area contributed by atoms with Gasteiger partial charge in [0.25, 0.3) is 0 Å². The van der Waals surface area contributed by atoms with E-state index < -0.39 is 5.79 Å². The minimum atomic E-state index is -0.628. The Morgan fingerprint density at radius 3 is 2.67 bits per heavy atom. The molecule has 116 valence electrons. The fraction of sp³-hybridized carbons (Fsp3) is 0.562. The lowest BCUT2D eigenvalue weighted by Gasteiger charge is -2.19. The Balaban J connectivity index is 1.95. The van der Waals surface area contributed by atoms with Crippen molar-refractivity contribution in [3.8, 4) is 11.5 Å². The second-order valence-electron chi connectivity index (χ2n) is 5.58. The topological polar surface area (TPSA) is 59.0 Å². The Hall–Kier alpha value is -1.75. The van der Waals surface area contributed by atoms with E-state index in [2.05, 4.69) is 0 Å². The first-order chi connectivity index (χ1) is 9.95. The quantitative estimate of drug-likeness (QED) is 0.871. The van der Waals surface area contributed by atoms with Gasteiger partial charge in [-0.25, -0.2) is 0 Å². The molecular formula is C16H23NO4. The van der Waals surface area contributed by atoms with Crippen LogP contribution >= 0.6 is 0 Å². The van der Waals surface area contributed by atoms with E-state index in [1.54, 1.807) is 4.90 Å². The normalized spacial score (nSPS) is 15.0. The molecule has 1 N–H and O–H groups in total. The van der Waals surface area contributed by atoms with E-state index in [1.807, 2.05) is 39.0 Å². The maximum Gasteiger partial charge on any atom is 0.246 e. The molecule has 1 aromatic carbocycles. The number of amides is 1. The molecule has 2 rings (SSSR count). The average molecular weight is 293 g/mol. The third kappa shape index (κ3) is 3.88. The molecule has 5 nitrogen and oxygen atoms in total. The number of nitrogens with zero attached hydrogens (tertiary/aromatic N) is 1. The molecule has 1 heterocycles. The van der Waals surface area contributed by atoms with Gasteiger partial charge in [0.1, 0.15) is 0 Å². The largest absolute Gasteiger partial charge is 0.449 e. The fourth-order valence-electron chi connectivity index (χ4n) is 2.41. The first-order valence-corrected chi connectivity index (χ1v) is 7.35. The monoisotopic (exact) mass is 293 g/mol. The number of aliphatic hydroxyl groups excluding tert-OH is 1. The van der Waals surface area contributed by atoms with E-state index in [4.69, 9.17) is 14.6 Å². The lowest BCUT2D eigenvalue weighted by molar-refractivity contribution is -0.131. The molecule has 1 aliphatic heterocycles. The molecule has 0 aliphatic carbocycles. The molecular weight excluding hydrogens is 270 g/mol. The highest BCUT2D eigenvalue weighted by molar-refractivity contribution is 5.76. The summed E-state index contributed by atoms with van der Waals surface area (Å²) in [6.45, 7) is 6.66. The molecule has 0 radical (unpaired) electrons. The highest BCUT2D eigenvalue weighted by atomic mass is 16.7. The van der Waals surface area contributed by atoms with Gasteiger partial charge >= 0.3 is 0 Å². The molecule has 1 amide bonds. The predicted octanol–water partition coefficient (Wildman–Crippen LogP) is 1.97. The fourth-order valence-corrected chi connectivity index (χ4v) is 2.41. The van der Waals surface area contributed by atoms with E-state index in [-0.39, 0.29) is 12.5 Å². The van der Waals surface area contributed by atoms with Crippen LogP contribution in [0.15, 0.2) is 18.2 Å². The summed E-state index contributed by atoms with van der Waals surface area (Å²) >= 11 is 0. The van der Waals surface area contributed by atoms with Crippen molar-refractivity contribution in [1.29, 1.82) is 0 Å². The van der Waals surface area contributed by atoms with E-state index >= 15 is 0 Å². The predicted molar refractivity (Wildman–Crippen MR) is 79.4 cm³/mol. The second kappa shape index (κ2) is 6.35. The van der Waals surface area contributed by atoms with Crippen LogP contribution in [0.5, 0.6) is 11.5 Å². The van der Waals surface area contributed by atoms with Crippen molar-refractivity contribution >= 4 is 5.91 Å². The molecule has 0 aromatic heterocycles. The average Bonchev–Trinajstić information content (AvgIpc) is 2.75. The van der Waals surface area contributed by atoms with Crippen molar-refractivity contribution < 1.29 is 19.4 Å². The Labute approximate surface area is 125 Å². The molecule has 1 aliphatic rings. The van der Waals surface area contributed by atoms with Gasteiger partial charge in [-0.2, -0.15) is 0 Å². The number of benzene rings is 1. The number of aryl methyl sites for hydroxylation is 1. The first-order valence-electron chi connectivity index (χ1n) is 7.35. The summed E-state index contributed by atoms with van der Waals surface area (Å²) in [5.74, 6) is 0.902. The highest BCUT2D eigenvalue weighted by Crippen LogP contribution is 2.39. The summed E-state index contributed by atoms with van der Waals surface area (Å²) in [6, 6.07) is 5.77. The van der Waals surface area contributed by atoms with E-state index in [0.29, 0.717) is 25.9 Å². The molecule has 5 heteroatoms. The number of aliphatic hydroxyl groups is 1. The lowest BCUT2D eigenvalue weighted by atomic mass is 10.1. The Morgan fingerprint density at radius 2 is 2.00 bits per heavy atom. The van der Waals surface area contributed by atoms with Crippen molar-refractivity contribution in [2.45, 2.75) is 39.4 Å². The number of fused-ring (bicyclic) bond motifs is 1. The molecule has 0 unspecified atom stereocenters. The summed E-state index contributed by atoms with van der Waals surface area (Å²) < 4.78 is 11.3. The van der Waals surface area contributed by atoms with Crippen molar-refractivity contribution in [1.82, 2.24) is 4.90 Å². The molecule has 0 saturated carbocycles. The van der Waals surface area contributed by atoms with Crippen LogP contribution in [-0.2, 0) is 11.2 Å². The number of carbonyl (C=O) groups is 1. The minimum Gasteiger partial charge on any atom is -0.449 e. The molecule has 0 bridgehead atoms. The van der Waals surface area contributed by atoms with Crippen LogP contribution in [-0.4, -0.2) is 41.4 Å². The van der Waals surface area contributed by atoms with Crippen LogP contribution < -0.4 is 9.47 Å². The van der Waals surface area contributed by atoms with Crippen molar-refractivity contribution in [3.05, 3.63) is 23.8 Å². The summed E-state index contributed by atoms with van der Waals surface area (Å²) in [4.78, 5) is 13.7. The van der Waals surface area contributed by atoms with Crippen LogP contribution in [0.1, 0.15) is 32.8 Å². The molecule has 0 spiro atoms. The van der Waals surface area contributed by atoms with Crippen LogP contribution in [0.2, 0.25) is 0 Å². The van der Waals surface area contributed by atoms with Crippen LogP contribution in [0.3, 0.4) is 0 Å². The van der Waals surface area contributed by atoms with Gasteiger partial charge in [0.05, 0.1) is 6.61 Å². The summed E-state index contributed by atoms with van der Waals surface area (Å²) in [6.07, 6.45) is 1.08. The molecule has 21 heavy (non-hydrogen) atoms. The van der Waals surface area contributed by atoms with Crippen LogP contribution in [0, 0.1) is 0 Å². The number of likely N-dealkylation sites (N-methyl/N-ethyl adjacent to an activating group) is 1. The van der Waals surface area contributed by atoms with E-state index in [9.17, 15) is 4.79 Å². The first kappa shape index (κ1) is 15.6. The van der Waals surface area contributed by atoms with Gasteiger partial charge in [-0.1, -0.05) is 6.07 Å². The minimum absolute atomic E-state index is 0.00130. The summed E-state index contributed by atoms with van der Waals surface area (Å²) in [5, 5.41) is 8.93. The Bertz CT molecular complexity index is 513. The molecule has 0 fully saturated rings. The zero-order chi connectivity index (χ0) is 15.5. The second-order valence-corrected chi connectivity index (χ2v) is 5.58. The number of carbonyl (C=O) groups excluding carboxylic acids is 1. The summed E-state index contributed by atoms with van der Waals surface area (Å²) in [7, 11) is 0. The number of ether oxygens (including phenoxy) is 2. The highest BCUT2D eigenvalue weighted by Gasteiger charge is 2.31. The molecule has 0 saturated heterocycles. The van der Waals surface area contributed by atoms with Gasteiger partial charge < -0.3 is 19.5 Å². The Kier molecular flexibility index (Phi) is 4.73. The van der Waals surface area contributed by atoms with Gasteiger partial charge in [-0.05, 0) is 31.0 Å². The number of rotatable bonds is 6. The third-order valence-electron chi connectivity index (χ3n) is 3.45. The van der Waals surface area contributed by atoms with E-state index in [0.717, 1.165) is 17.1 Å². The van der Waals surface area contributed by atoms with Crippen LogP contribution in [0.25, 0.3) is 0 Å². The standard InChI is InChI=1S/C16H23NO4/c1-4-17(9-10-18)15(19)8-6-12-5-7-13-14(11-12)21-16(2,3)20-13/h5,7,11,18H,4,6,8-10H2,1-3H3. The van der Waals surface area contributed by atoms with E-state index in [1.165, 1.54) is 0 Å². The van der Waals surface area contributed by atoms with Crippen molar-refractivity contribution in [2.75, 3.05) is 19.7 Å². The third-order valence-corrected chi connectivity index (χ3v) is 3.45. The van der Waals surface area contributed by atoms with Crippen LogP contribution in [0.4, 0.5) is 0 Å². The maximum absolute atomic E-state index is 12.0. The smallest absolute Gasteiger partial charge is 0.246 e.